The third kappa shape index (κ3) is 2.16. The minimum Gasteiger partial charge on any atom is -0.363 e. The molecule has 0 saturated carbocycles. The van der Waals surface area contributed by atoms with Crippen LogP contribution in [-0.2, 0) is 13.6 Å². The van der Waals surface area contributed by atoms with Gasteiger partial charge < -0.3 is 15.1 Å². The van der Waals surface area contributed by atoms with E-state index < -0.39 is 0 Å². The number of rotatable bonds is 4. The zero-order chi connectivity index (χ0) is 14.1. The molecule has 4 N–H and O–H groups in total. The highest BCUT2D eigenvalue weighted by Crippen LogP contribution is 2.17. The van der Waals surface area contributed by atoms with Gasteiger partial charge in [0.05, 0.1) is 11.9 Å². The Bertz CT molecular complexity index is 741. The molecular formula is C12H16N8. The summed E-state index contributed by atoms with van der Waals surface area (Å²) in [5.41, 5.74) is 5.41. The summed E-state index contributed by atoms with van der Waals surface area (Å²) in [6.45, 7) is 2.61. The van der Waals surface area contributed by atoms with Crippen molar-refractivity contribution in [3.8, 4) is 0 Å². The maximum atomic E-state index is 5.43. The molecule has 0 amide bonds. The summed E-state index contributed by atoms with van der Waals surface area (Å²) in [5.74, 6) is 6.67. The molecule has 3 rings (SSSR count). The Morgan fingerprint density at radius 2 is 2.20 bits per heavy atom. The molecule has 0 aliphatic heterocycles. The third-order valence-electron chi connectivity index (χ3n) is 3.08. The van der Waals surface area contributed by atoms with Crippen molar-refractivity contribution in [3.05, 3.63) is 36.0 Å². The monoisotopic (exact) mass is 272 g/mol. The summed E-state index contributed by atoms with van der Waals surface area (Å²) < 4.78 is 3.66. The Morgan fingerprint density at radius 3 is 2.90 bits per heavy atom. The van der Waals surface area contributed by atoms with Crippen LogP contribution in [-0.4, -0.2) is 24.1 Å². The molecule has 0 atom stereocenters. The topological polar surface area (TPSA) is 98.1 Å². The lowest BCUT2D eigenvalue weighted by Gasteiger charge is -2.08. The van der Waals surface area contributed by atoms with Crippen molar-refractivity contribution in [2.24, 2.45) is 12.9 Å². The number of nitrogen functional groups attached to an aromatic ring is 1. The van der Waals surface area contributed by atoms with E-state index in [2.05, 4.69) is 25.8 Å². The van der Waals surface area contributed by atoms with E-state index in [0.717, 1.165) is 16.9 Å². The number of aryl methyl sites for hydroxylation is 2. The molecular weight excluding hydrogens is 256 g/mol. The standard InChI is InChI=1S/C12H16N8/c1-8-9(6-19(2)18-8)5-15-11-12-14-3-4-20(12)7-10(16-11)17-13/h3-4,6-7,17H,5,13H2,1-2H3,(H,15,16). The van der Waals surface area contributed by atoms with Gasteiger partial charge in [-0.25, -0.2) is 15.8 Å². The predicted molar refractivity (Wildman–Crippen MR) is 76.1 cm³/mol. The number of imidazole rings is 1. The molecule has 104 valence electrons. The van der Waals surface area contributed by atoms with Crippen molar-refractivity contribution in [1.82, 2.24) is 24.1 Å². The van der Waals surface area contributed by atoms with Crippen LogP contribution in [0.5, 0.6) is 0 Å². The first-order valence-corrected chi connectivity index (χ1v) is 6.20. The number of hydrazine groups is 1. The van der Waals surface area contributed by atoms with E-state index in [-0.39, 0.29) is 0 Å². The van der Waals surface area contributed by atoms with Gasteiger partial charge in [-0.1, -0.05) is 0 Å². The largest absolute Gasteiger partial charge is 0.363 e. The number of hydrogen-bond acceptors (Lipinski definition) is 6. The van der Waals surface area contributed by atoms with E-state index in [1.54, 1.807) is 17.1 Å². The van der Waals surface area contributed by atoms with Crippen LogP contribution < -0.4 is 16.6 Å². The SMILES string of the molecule is Cc1nn(C)cc1CNc1nc(NN)cn2ccnc12. The van der Waals surface area contributed by atoms with Gasteiger partial charge in [-0.3, -0.25) is 4.68 Å². The zero-order valence-corrected chi connectivity index (χ0v) is 11.3. The Labute approximate surface area is 115 Å². The molecule has 0 aromatic carbocycles. The minimum absolute atomic E-state index is 0.570. The number of nitrogens with zero attached hydrogens (tertiary/aromatic N) is 5. The quantitative estimate of drug-likeness (QED) is 0.477. The number of aromatic nitrogens is 5. The number of nitrogens with one attached hydrogen (secondary N) is 2. The number of anilines is 2. The second-order valence-electron chi connectivity index (χ2n) is 4.54. The number of fused-ring (bicyclic) bond motifs is 1. The molecule has 8 nitrogen and oxygen atoms in total. The summed E-state index contributed by atoms with van der Waals surface area (Å²) in [6.07, 6.45) is 7.33. The van der Waals surface area contributed by atoms with Gasteiger partial charge in [-0.15, -0.1) is 0 Å². The van der Waals surface area contributed by atoms with Gasteiger partial charge in [-0.05, 0) is 6.92 Å². The van der Waals surface area contributed by atoms with Gasteiger partial charge in [0.1, 0.15) is 0 Å². The molecule has 0 bridgehead atoms. The molecule has 0 spiro atoms. The molecule has 0 aliphatic carbocycles. The van der Waals surface area contributed by atoms with E-state index in [4.69, 9.17) is 5.84 Å². The van der Waals surface area contributed by atoms with Crippen molar-refractivity contribution in [3.63, 3.8) is 0 Å². The molecule has 8 heteroatoms. The summed E-state index contributed by atoms with van der Waals surface area (Å²) in [6, 6.07) is 0. The van der Waals surface area contributed by atoms with Gasteiger partial charge in [0.2, 0.25) is 0 Å². The molecule has 3 aromatic heterocycles. The van der Waals surface area contributed by atoms with Crippen LogP contribution in [0.3, 0.4) is 0 Å². The molecule has 3 aromatic rings. The fourth-order valence-electron chi connectivity index (χ4n) is 2.12. The summed E-state index contributed by atoms with van der Waals surface area (Å²) in [4.78, 5) is 8.67. The number of hydrogen-bond donors (Lipinski definition) is 3. The zero-order valence-electron chi connectivity index (χ0n) is 11.3. The first-order valence-electron chi connectivity index (χ1n) is 6.20. The maximum absolute atomic E-state index is 5.43. The van der Waals surface area contributed by atoms with Crippen LogP contribution >= 0.6 is 0 Å². The van der Waals surface area contributed by atoms with Crippen LogP contribution in [0.15, 0.2) is 24.8 Å². The van der Waals surface area contributed by atoms with Crippen LogP contribution in [0.2, 0.25) is 0 Å². The van der Waals surface area contributed by atoms with Crippen molar-refractivity contribution in [2.75, 3.05) is 10.7 Å². The highest BCUT2D eigenvalue weighted by Gasteiger charge is 2.08. The molecule has 0 unspecified atom stereocenters. The molecule has 20 heavy (non-hydrogen) atoms. The third-order valence-corrected chi connectivity index (χ3v) is 3.08. The summed E-state index contributed by atoms with van der Waals surface area (Å²) in [7, 11) is 1.90. The van der Waals surface area contributed by atoms with Gasteiger partial charge in [-0.2, -0.15) is 5.10 Å². The second-order valence-corrected chi connectivity index (χ2v) is 4.54. The molecule has 0 radical (unpaired) electrons. The Hall–Kier alpha value is -2.61. The van der Waals surface area contributed by atoms with Gasteiger partial charge in [0.15, 0.2) is 17.3 Å². The second kappa shape index (κ2) is 4.82. The maximum Gasteiger partial charge on any atom is 0.180 e. The summed E-state index contributed by atoms with van der Waals surface area (Å²) in [5, 5.41) is 7.59. The highest BCUT2D eigenvalue weighted by molar-refractivity contribution is 5.65. The normalized spacial score (nSPS) is 10.9. The minimum atomic E-state index is 0.570. The van der Waals surface area contributed by atoms with E-state index in [1.165, 1.54) is 0 Å². The van der Waals surface area contributed by atoms with Crippen molar-refractivity contribution in [1.29, 1.82) is 0 Å². The lowest BCUT2D eigenvalue weighted by Crippen LogP contribution is -2.12. The van der Waals surface area contributed by atoms with Crippen molar-refractivity contribution >= 4 is 17.3 Å². The van der Waals surface area contributed by atoms with Gasteiger partial charge in [0.25, 0.3) is 0 Å². The van der Waals surface area contributed by atoms with Crippen LogP contribution in [0.25, 0.3) is 5.65 Å². The van der Waals surface area contributed by atoms with E-state index in [1.807, 2.05) is 30.8 Å². The summed E-state index contributed by atoms with van der Waals surface area (Å²) >= 11 is 0. The molecule has 3 heterocycles. The Morgan fingerprint density at radius 1 is 1.35 bits per heavy atom. The number of nitrogens with two attached hydrogens (primary N) is 1. The lowest BCUT2D eigenvalue weighted by atomic mass is 10.2. The van der Waals surface area contributed by atoms with Crippen LogP contribution in [0.4, 0.5) is 11.6 Å². The Kier molecular flexibility index (Phi) is 2.99. The molecule has 0 fully saturated rings. The van der Waals surface area contributed by atoms with Crippen LogP contribution in [0, 0.1) is 6.92 Å². The van der Waals surface area contributed by atoms with Gasteiger partial charge in [0, 0.05) is 37.7 Å². The molecule has 0 saturated heterocycles. The first-order chi connectivity index (χ1) is 9.67. The fraction of sp³-hybridized carbons (Fsp3) is 0.250. The van der Waals surface area contributed by atoms with Crippen molar-refractivity contribution < 1.29 is 0 Å². The lowest BCUT2D eigenvalue weighted by molar-refractivity contribution is 0.756. The average Bonchev–Trinajstić information content (AvgIpc) is 3.02. The Balaban J connectivity index is 1.90. The van der Waals surface area contributed by atoms with E-state index in [0.29, 0.717) is 18.2 Å². The average molecular weight is 272 g/mol. The van der Waals surface area contributed by atoms with Crippen LogP contribution in [0.1, 0.15) is 11.3 Å². The smallest absolute Gasteiger partial charge is 0.180 e. The van der Waals surface area contributed by atoms with Crippen molar-refractivity contribution in [2.45, 2.75) is 13.5 Å². The van der Waals surface area contributed by atoms with Gasteiger partial charge >= 0.3 is 0 Å². The molecule has 0 aliphatic rings. The van der Waals surface area contributed by atoms with E-state index in [9.17, 15) is 0 Å². The van der Waals surface area contributed by atoms with E-state index >= 15 is 0 Å². The predicted octanol–water partition coefficient (Wildman–Crippen LogP) is 0.669. The highest BCUT2D eigenvalue weighted by atomic mass is 15.3. The first kappa shape index (κ1) is 12.4. The fourth-order valence-corrected chi connectivity index (χ4v) is 2.12.